The molecular formula is C11H13NO2. The lowest BCUT2D eigenvalue weighted by molar-refractivity contribution is 0.112. The fourth-order valence-corrected chi connectivity index (χ4v) is 1.12. The molecule has 0 amide bonds. The molecule has 1 rings (SSSR count). The maximum absolute atomic E-state index is 10.6. The summed E-state index contributed by atoms with van der Waals surface area (Å²) in [7, 11) is 0. The van der Waals surface area contributed by atoms with Crippen LogP contribution in [0.2, 0.25) is 0 Å². The van der Waals surface area contributed by atoms with E-state index in [1.54, 1.807) is 12.1 Å². The number of carbonyl (C=O) groups is 1. The van der Waals surface area contributed by atoms with E-state index >= 15 is 0 Å². The number of hydrogen-bond acceptors (Lipinski definition) is 3. The monoisotopic (exact) mass is 191 g/mol. The summed E-state index contributed by atoms with van der Waals surface area (Å²) in [5.41, 5.74) is 6.61. The van der Waals surface area contributed by atoms with Crippen molar-refractivity contribution in [1.29, 1.82) is 0 Å². The van der Waals surface area contributed by atoms with Gasteiger partial charge in [-0.25, -0.2) is 0 Å². The molecule has 3 nitrogen and oxygen atoms in total. The van der Waals surface area contributed by atoms with Gasteiger partial charge < -0.3 is 10.8 Å². The van der Waals surface area contributed by atoms with Crippen LogP contribution in [-0.4, -0.2) is 17.9 Å². The summed E-state index contributed by atoms with van der Waals surface area (Å²) in [4.78, 5) is 10.6. The number of carbonyl (C=O) groups excluding carboxylic acids is 1. The molecule has 3 N–H and O–H groups in total. The molecule has 74 valence electrons. The molecule has 1 aromatic rings. The second-order valence-electron chi connectivity index (χ2n) is 2.91. The fourth-order valence-electron chi connectivity index (χ4n) is 1.12. The summed E-state index contributed by atoms with van der Waals surface area (Å²) in [5.74, 6) is 0.100. The van der Waals surface area contributed by atoms with Crippen molar-refractivity contribution in [3.63, 3.8) is 0 Å². The largest absolute Gasteiger partial charge is 0.508 e. The smallest absolute Gasteiger partial charge is 0.150 e. The molecule has 1 aromatic carbocycles. The van der Waals surface area contributed by atoms with Crippen LogP contribution >= 0.6 is 0 Å². The van der Waals surface area contributed by atoms with Crippen LogP contribution in [0.15, 0.2) is 24.3 Å². The minimum absolute atomic E-state index is 0.100. The van der Waals surface area contributed by atoms with Crippen LogP contribution in [0.25, 0.3) is 6.08 Å². The van der Waals surface area contributed by atoms with Gasteiger partial charge in [0, 0.05) is 5.56 Å². The first-order valence-electron chi connectivity index (χ1n) is 4.42. The van der Waals surface area contributed by atoms with Crippen molar-refractivity contribution in [3.8, 4) is 5.75 Å². The topological polar surface area (TPSA) is 63.3 Å². The zero-order chi connectivity index (χ0) is 10.4. The molecule has 0 saturated heterocycles. The van der Waals surface area contributed by atoms with Gasteiger partial charge in [-0.1, -0.05) is 18.2 Å². The van der Waals surface area contributed by atoms with Crippen LogP contribution in [-0.2, 0) is 0 Å². The Balaban J connectivity index is 2.90. The first-order chi connectivity index (χ1) is 6.77. The van der Waals surface area contributed by atoms with Crippen LogP contribution in [0.5, 0.6) is 5.75 Å². The van der Waals surface area contributed by atoms with Crippen molar-refractivity contribution in [2.45, 2.75) is 6.42 Å². The predicted octanol–water partition coefficient (Wildman–Crippen LogP) is 1.57. The summed E-state index contributed by atoms with van der Waals surface area (Å²) in [6.45, 7) is 0.588. The standard InChI is InChI=1S/C11H13NO2/c12-6-2-1-3-9-4-5-11(14)7-10(9)8-13/h1,3-5,7-8,14H,2,6,12H2. The van der Waals surface area contributed by atoms with E-state index in [1.807, 2.05) is 12.2 Å². The molecule has 0 aliphatic carbocycles. The summed E-state index contributed by atoms with van der Waals surface area (Å²) < 4.78 is 0. The molecule has 0 radical (unpaired) electrons. The molecule has 0 fully saturated rings. The van der Waals surface area contributed by atoms with Crippen LogP contribution < -0.4 is 5.73 Å². The third kappa shape index (κ3) is 2.71. The van der Waals surface area contributed by atoms with Gasteiger partial charge in [0.2, 0.25) is 0 Å². The highest BCUT2D eigenvalue weighted by Crippen LogP contribution is 2.16. The lowest BCUT2D eigenvalue weighted by Gasteiger charge is -1.99. The third-order valence-electron chi connectivity index (χ3n) is 1.83. The van der Waals surface area contributed by atoms with Gasteiger partial charge in [-0.05, 0) is 30.7 Å². The number of rotatable bonds is 4. The molecule has 0 heterocycles. The minimum Gasteiger partial charge on any atom is -0.508 e. The zero-order valence-corrected chi connectivity index (χ0v) is 7.81. The van der Waals surface area contributed by atoms with Gasteiger partial charge in [-0.3, -0.25) is 4.79 Å². The first-order valence-corrected chi connectivity index (χ1v) is 4.42. The molecule has 0 spiro atoms. The zero-order valence-electron chi connectivity index (χ0n) is 7.81. The number of benzene rings is 1. The van der Waals surface area contributed by atoms with Crippen LogP contribution in [0, 0.1) is 0 Å². The summed E-state index contributed by atoms with van der Waals surface area (Å²) in [6, 6.07) is 4.69. The van der Waals surface area contributed by atoms with E-state index in [9.17, 15) is 4.79 Å². The second-order valence-corrected chi connectivity index (χ2v) is 2.91. The van der Waals surface area contributed by atoms with E-state index in [-0.39, 0.29) is 5.75 Å². The van der Waals surface area contributed by atoms with E-state index < -0.39 is 0 Å². The molecule has 0 aliphatic heterocycles. The number of hydrogen-bond donors (Lipinski definition) is 2. The average Bonchev–Trinajstić information content (AvgIpc) is 2.20. The highest BCUT2D eigenvalue weighted by atomic mass is 16.3. The number of nitrogens with two attached hydrogens (primary N) is 1. The Labute approximate surface area is 82.9 Å². The van der Waals surface area contributed by atoms with Crippen molar-refractivity contribution in [1.82, 2.24) is 0 Å². The minimum atomic E-state index is 0.100. The van der Waals surface area contributed by atoms with Gasteiger partial charge in [0.15, 0.2) is 6.29 Å². The van der Waals surface area contributed by atoms with E-state index in [1.165, 1.54) is 6.07 Å². The molecule has 0 aromatic heterocycles. The highest BCUT2D eigenvalue weighted by Gasteiger charge is 1.98. The molecule has 0 unspecified atom stereocenters. The van der Waals surface area contributed by atoms with E-state index in [2.05, 4.69) is 0 Å². The van der Waals surface area contributed by atoms with Gasteiger partial charge in [0.1, 0.15) is 5.75 Å². The number of aromatic hydroxyl groups is 1. The Morgan fingerprint density at radius 3 is 2.79 bits per heavy atom. The Morgan fingerprint density at radius 1 is 1.36 bits per heavy atom. The molecule has 0 saturated carbocycles. The summed E-state index contributed by atoms with van der Waals surface area (Å²) in [6.07, 6.45) is 5.23. The molecule has 0 bridgehead atoms. The Hall–Kier alpha value is -1.61. The second kappa shape index (κ2) is 5.19. The quantitative estimate of drug-likeness (QED) is 0.710. The first kappa shape index (κ1) is 10.5. The van der Waals surface area contributed by atoms with Crippen molar-refractivity contribution >= 4 is 12.4 Å². The maximum Gasteiger partial charge on any atom is 0.150 e. The Kier molecular flexibility index (Phi) is 3.88. The Bertz CT molecular complexity index is 345. The van der Waals surface area contributed by atoms with Crippen molar-refractivity contribution in [2.24, 2.45) is 5.73 Å². The maximum atomic E-state index is 10.6. The van der Waals surface area contributed by atoms with Crippen LogP contribution in [0.1, 0.15) is 22.3 Å². The normalized spacial score (nSPS) is 10.6. The number of phenolic OH excluding ortho intramolecular Hbond substituents is 1. The van der Waals surface area contributed by atoms with Crippen molar-refractivity contribution in [2.75, 3.05) is 6.54 Å². The van der Waals surface area contributed by atoms with Crippen LogP contribution in [0.4, 0.5) is 0 Å². The summed E-state index contributed by atoms with van der Waals surface area (Å²) in [5, 5.41) is 9.14. The van der Waals surface area contributed by atoms with Crippen LogP contribution in [0.3, 0.4) is 0 Å². The average molecular weight is 191 g/mol. The highest BCUT2D eigenvalue weighted by molar-refractivity contribution is 5.82. The van der Waals surface area contributed by atoms with Crippen molar-refractivity contribution < 1.29 is 9.90 Å². The molecule has 3 heteroatoms. The summed E-state index contributed by atoms with van der Waals surface area (Å²) >= 11 is 0. The number of aldehydes is 1. The molecular weight excluding hydrogens is 178 g/mol. The van der Waals surface area contributed by atoms with Crippen molar-refractivity contribution in [3.05, 3.63) is 35.4 Å². The lowest BCUT2D eigenvalue weighted by atomic mass is 10.1. The Morgan fingerprint density at radius 2 is 2.14 bits per heavy atom. The van der Waals surface area contributed by atoms with Gasteiger partial charge in [0.05, 0.1) is 0 Å². The van der Waals surface area contributed by atoms with Gasteiger partial charge >= 0.3 is 0 Å². The molecule has 0 aliphatic rings. The molecule has 14 heavy (non-hydrogen) atoms. The van der Waals surface area contributed by atoms with E-state index in [4.69, 9.17) is 10.8 Å². The third-order valence-corrected chi connectivity index (χ3v) is 1.83. The van der Waals surface area contributed by atoms with E-state index in [0.29, 0.717) is 12.1 Å². The van der Waals surface area contributed by atoms with Gasteiger partial charge in [-0.15, -0.1) is 0 Å². The predicted molar refractivity (Wildman–Crippen MR) is 56.2 cm³/mol. The van der Waals surface area contributed by atoms with E-state index in [0.717, 1.165) is 18.3 Å². The van der Waals surface area contributed by atoms with Gasteiger partial charge in [-0.2, -0.15) is 0 Å². The molecule has 0 atom stereocenters. The fraction of sp³-hybridized carbons (Fsp3) is 0.182. The lowest BCUT2D eigenvalue weighted by Crippen LogP contribution is -1.95. The number of phenols is 1. The van der Waals surface area contributed by atoms with Gasteiger partial charge in [0.25, 0.3) is 0 Å². The SMILES string of the molecule is NCCC=Cc1ccc(O)cc1C=O.